The molecule has 6 nitrogen and oxygen atoms in total. The molecule has 0 saturated carbocycles. The fourth-order valence-corrected chi connectivity index (χ4v) is 2.86. The first kappa shape index (κ1) is 14.2. The Morgan fingerprint density at radius 2 is 1.95 bits per heavy atom. The van der Waals surface area contributed by atoms with Gasteiger partial charge in [-0.2, -0.15) is 4.99 Å². The molecule has 1 aliphatic carbocycles. The standard InChI is InChI=1S/C16H16N4O2/c1-16(22-2)12-7-9(14(21)20-15(17)18)3-4-10(12)11-5-6-19-8-13(11)16/h3-8H,1-2H3,(H4,17,18,20,21). The topological polar surface area (TPSA) is 104 Å². The molecule has 3 rings (SSSR count). The number of guanidine groups is 1. The fourth-order valence-electron chi connectivity index (χ4n) is 2.86. The molecule has 112 valence electrons. The van der Waals surface area contributed by atoms with Gasteiger partial charge in [0.15, 0.2) is 5.96 Å². The first-order valence-corrected chi connectivity index (χ1v) is 6.76. The highest BCUT2D eigenvalue weighted by molar-refractivity contribution is 6.02. The molecule has 1 unspecified atom stereocenters. The fraction of sp³-hybridized carbons (Fsp3) is 0.188. The number of methoxy groups -OCH3 is 1. The summed E-state index contributed by atoms with van der Waals surface area (Å²) in [5, 5.41) is 0. The predicted molar refractivity (Wildman–Crippen MR) is 83.3 cm³/mol. The van der Waals surface area contributed by atoms with Crippen LogP contribution in [0.1, 0.15) is 28.4 Å². The number of amides is 1. The Kier molecular flexibility index (Phi) is 3.18. The van der Waals surface area contributed by atoms with Crippen LogP contribution in [0.25, 0.3) is 11.1 Å². The summed E-state index contributed by atoms with van der Waals surface area (Å²) in [6.45, 7) is 1.95. The van der Waals surface area contributed by atoms with Crippen molar-refractivity contribution in [3.8, 4) is 11.1 Å². The lowest BCUT2D eigenvalue weighted by Crippen LogP contribution is -2.25. The zero-order valence-corrected chi connectivity index (χ0v) is 12.3. The van der Waals surface area contributed by atoms with Gasteiger partial charge in [-0.15, -0.1) is 0 Å². The van der Waals surface area contributed by atoms with Crippen molar-refractivity contribution in [2.24, 2.45) is 16.5 Å². The van der Waals surface area contributed by atoms with Gasteiger partial charge in [0, 0.05) is 30.6 Å². The van der Waals surface area contributed by atoms with Gasteiger partial charge >= 0.3 is 0 Å². The molecule has 0 radical (unpaired) electrons. The van der Waals surface area contributed by atoms with Crippen LogP contribution in [0, 0.1) is 0 Å². The van der Waals surface area contributed by atoms with Crippen LogP contribution in [0.2, 0.25) is 0 Å². The molecule has 2 aromatic rings. The number of carbonyl (C=O) groups excluding carboxylic acids is 1. The molecule has 1 amide bonds. The normalized spacial score (nSPS) is 18.5. The largest absolute Gasteiger partial charge is 0.370 e. The third-order valence-corrected chi connectivity index (χ3v) is 4.04. The van der Waals surface area contributed by atoms with E-state index in [4.69, 9.17) is 16.2 Å². The number of aromatic nitrogens is 1. The molecular weight excluding hydrogens is 280 g/mol. The number of carbonyl (C=O) groups is 1. The SMILES string of the molecule is COC1(C)c2cnccc2-c2ccc(C(=O)N=C(N)N)cc21. The van der Waals surface area contributed by atoms with E-state index in [1.807, 2.05) is 19.1 Å². The van der Waals surface area contributed by atoms with E-state index >= 15 is 0 Å². The number of hydrogen-bond donors (Lipinski definition) is 2. The Morgan fingerprint density at radius 3 is 2.64 bits per heavy atom. The van der Waals surface area contributed by atoms with E-state index in [2.05, 4.69) is 9.98 Å². The molecule has 0 saturated heterocycles. The monoisotopic (exact) mass is 296 g/mol. The van der Waals surface area contributed by atoms with Crippen molar-refractivity contribution in [1.29, 1.82) is 0 Å². The quantitative estimate of drug-likeness (QED) is 0.643. The number of nitrogens with zero attached hydrogens (tertiary/aromatic N) is 2. The van der Waals surface area contributed by atoms with Gasteiger partial charge in [0.1, 0.15) is 5.60 Å². The van der Waals surface area contributed by atoms with Gasteiger partial charge < -0.3 is 16.2 Å². The molecule has 6 heteroatoms. The Balaban J connectivity index is 2.19. The lowest BCUT2D eigenvalue weighted by atomic mass is 9.93. The van der Waals surface area contributed by atoms with E-state index in [0.29, 0.717) is 5.56 Å². The van der Waals surface area contributed by atoms with Crippen LogP contribution < -0.4 is 11.5 Å². The van der Waals surface area contributed by atoms with E-state index in [1.54, 1.807) is 31.6 Å². The summed E-state index contributed by atoms with van der Waals surface area (Å²) >= 11 is 0. The van der Waals surface area contributed by atoms with E-state index < -0.39 is 11.5 Å². The minimum absolute atomic E-state index is 0.257. The predicted octanol–water partition coefficient (Wildman–Crippen LogP) is 1.39. The number of hydrogen-bond acceptors (Lipinski definition) is 3. The first-order valence-electron chi connectivity index (χ1n) is 6.76. The molecule has 1 heterocycles. The smallest absolute Gasteiger partial charge is 0.280 e. The number of nitrogens with two attached hydrogens (primary N) is 2. The molecule has 22 heavy (non-hydrogen) atoms. The molecule has 0 fully saturated rings. The first-order chi connectivity index (χ1) is 10.5. The van der Waals surface area contributed by atoms with Crippen LogP contribution in [-0.2, 0) is 10.3 Å². The van der Waals surface area contributed by atoms with Crippen molar-refractivity contribution >= 4 is 11.9 Å². The van der Waals surface area contributed by atoms with Gasteiger partial charge in [0.05, 0.1) is 0 Å². The van der Waals surface area contributed by atoms with Crippen LogP contribution in [0.4, 0.5) is 0 Å². The zero-order valence-electron chi connectivity index (χ0n) is 12.3. The minimum atomic E-state index is -0.660. The van der Waals surface area contributed by atoms with Crippen LogP contribution in [0.3, 0.4) is 0 Å². The molecule has 0 aliphatic heterocycles. The highest BCUT2D eigenvalue weighted by Crippen LogP contribution is 2.48. The number of rotatable bonds is 2. The highest BCUT2D eigenvalue weighted by atomic mass is 16.5. The number of pyridine rings is 1. The maximum Gasteiger partial charge on any atom is 0.280 e. The second-order valence-corrected chi connectivity index (χ2v) is 5.26. The molecular formula is C16H16N4O2. The van der Waals surface area contributed by atoms with Gasteiger partial charge in [-0.25, -0.2) is 0 Å². The maximum absolute atomic E-state index is 12.0. The van der Waals surface area contributed by atoms with Gasteiger partial charge in [0.2, 0.25) is 0 Å². The Morgan fingerprint density at radius 1 is 1.23 bits per heavy atom. The van der Waals surface area contributed by atoms with E-state index in [0.717, 1.165) is 22.3 Å². The molecule has 1 atom stereocenters. The Bertz CT molecular complexity index is 796. The highest BCUT2D eigenvalue weighted by Gasteiger charge is 2.40. The van der Waals surface area contributed by atoms with E-state index in [-0.39, 0.29) is 5.96 Å². The number of fused-ring (bicyclic) bond motifs is 3. The van der Waals surface area contributed by atoms with Crippen molar-refractivity contribution < 1.29 is 9.53 Å². The third-order valence-electron chi connectivity index (χ3n) is 4.04. The number of aliphatic imine (C=N–C) groups is 1. The summed E-state index contributed by atoms with van der Waals surface area (Å²) < 4.78 is 5.73. The average Bonchev–Trinajstić information content (AvgIpc) is 2.77. The molecule has 0 spiro atoms. The van der Waals surface area contributed by atoms with Gasteiger partial charge in [0.25, 0.3) is 5.91 Å². The van der Waals surface area contributed by atoms with Gasteiger partial charge in [-0.3, -0.25) is 9.78 Å². The Hall–Kier alpha value is -2.73. The van der Waals surface area contributed by atoms with Gasteiger partial charge in [-0.1, -0.05) is 6.07 Å². The molecule has 1 aromatic carbocycles. The van der Waals surface area contributed by atoms with Crippen molar-refractivity contribution in [2.45, 2.75) is 12.5 Å². The maximum atomic E-state index is 12.0. The van der Waals surface area contributed by atoms with Crippen LogP contribution in [-0.4, -0.2) is 24.0 Å². The lowest BCUT2D eigenvalue weighted by Gasteiger charge is -2.25. The van der Waals surface area contributed by atoms with Crippen molar-refractivity contribution in [3.05, 3.63) is 53.3 Å². The zero-order chi connectivity index (χ0) is 15.9. The summed E-state index contributed by atoms with van der Waals surface area (Å²) in [7, 11) is 1.64. The number of benzene rings is 1. The van der Waals surface area contributed by atoms with Crippen LogP contribution >= 0.6 is 0 Å². The second kappa shape index (κ2) is 4.92. The van der Waals surface area contributed by atoms with Crippen molar-refractivity contribution in [3.63, 3.8) is 0 Å². The molecule has 1 aliphatic rings. The van der Waals surface area contributed by atoms with E-state index in [1.165, 1.54) is 0 Å². The van der Waals surface area contributed by atoms with Gasteiger partial charge in [-0.05, 0) is 41.8 Å². The molecule has 0 bridgehead atoms. The summed E-state index contributed by atoms with van der Waals surface area (Å²) in [5.74, 6) is -0.733. The summed E-state index contributed by atoms with van der Waals surface area (Å²) in [5.41, 5.74) is 14.2. The second-order valence-electron chi connectivity index (χ2n) is 5.26. The van der Waals surface area contributed by atoms with Crippen molar-refractivity contribution in [1.82, 2.24) is 4.98 Å². The average molecular weight is 296 g/mol. The van der Waals surface area contributed by atoms with Crippen LogP contribution in [0.5, 0.6) is 0 Å². The van der Waals surface area contributed by atoms with Crippen molar-refractivity contribution in [2.75, 3.05) is 7.11 Å². The third kappa shape index (κ3) is 1.96. The Labute approximate surface area is 127 Å². The minimum Gasteiger partial charge on any atom is -0.370 e. The molecule has 1 aromatic heterocycles. The summed E-state index contributed by atoms with van der Waals surface area (Å²) in [6.07, 6.45) is 3.53. The number of ether oxygens (including phenoxy) is 1. The molecule has 4 N–H and O–H groups in total. The van der Waals surface area contributed by atoms with Crippen LogP contribution in [0.15, 0.2) is 41.7 Å². The summed E-state index contributed by atoms with van der Waals surface area (Å²) in [4.78, 5) is 19.8. The lowest BCUT2D eigenvalue weighted by molar-refractivity contribution is 0.0427. The van der Waals surface area contributed by atoms with E-state index in [9.17, 15) is 4.79 Å². The summed E-state index contributed by atoms with van der Waals surface area (Å²) in [6, 6.07) is 7.30.